The lowest BCUT2D eigenvalue weighted by atomic mass is 9.83. The third-order valence-corrected chi connectivity index (χ3v) is 9.14. The normalized spacial score (nSPS) is 15.2. The molecule has 0 saturated heterocycles. The molecule has 5 aromatic rings. The Labute approximate surface area is 243 Å². The van der Waals surface area contributed by atoms with Crippen molar-refractivity contribution in [1.29, 1.82) is 0 Å². The molecule has 8 nitrogen and oxygen atoms in total. The minimum absolute atomic E-state index is 0.0146. The van der Waals surface area contributed by atoms with Crippen LogP contribution < -0.4 is 4.74 Å². The number of aromatic nitrogens is 2. The molecule has 1 atom stereocenters. The van der Waals surface area contributed by atoms with Gasteiger partial charge in [0.25, 0.3) is 0 Å². The van der Waals surface area contributed by atoms with Crippen molar-refractivity contribution in [3.8, 4) is 5.75 Å². The molecule has 42 heavy (non-hydrogen) atoms. The van der Waals surface area contributed by atoms with Crippen molar-refractivity contribution in [3.63, 3.8) is 0 Å². The predicted molar refractivity (Wildman–Crippen MR) is 160 cm³/mol. The maximum absolute atomic E-state index is 13.4. The summed E-state index contributed by atoms with van der Waals surface area (Å²) in [5, 5.41) is 11.5. The molecule has 3 aromatic carbocycles. The zero-order valence-corrected chi connectivity index (χ0v) is 24.1. The van der Waals surface area contributed by atoms with Crippen molar-refractivity contribution >= 4 is 43.4 Å². The molecule has 0 radical (unpaired) electrons. The summed E-state index contributed by atoms with van der Waals surface area (Å²) >= 11 is 0. The quantitative estimate of drug-likeness (QED) is 0.236. The first-order valence-electron chi connectivity index (χ1n) is 13.8. The lowest BCUT2D eigenvalue weighted by molar-refractivity contribution is -0.137. The van der Waals surface area contributed by atoms with E-state index < -0.39 is 15.8 Å². The number of nitrogens with zero attached hydrogens (tertiary/aromatic N) is 2. The first kappa shape index (κ1) is 27.7. The Morgan fingerprint density at radius 2 is 1.81 bits per heavy atom. The van der Waals surface area contributed by atoms with Crippen molar-refractivity contribution < 1.29 is 27.9 Å². The molecule has 0 amide bonds. The molecule has 0 spiro atoms. The van der Waals surface area contributed by atoms with Crippen LogP contribution in [-0.4, -0.2) is 41.1 Å². The van der Waals surface area contributed by atoms with E-state index in [1.54, 1.807) is 24.3 Å². The summed E-state index contributed by atoms with van der Waals surface area (Å²) in [6, 6.07) is 22.3. The number of hydrogen-bond donors (Lipinski definition) is 1. The van der Waals surface area contributed by atoms with E-state index in [0.717, 1.165) is 38.6 Å². The van der Waals surface area contributed by atoms with Gasteiger partial charge >= 0.3 is 5.97 Å². The van der Waals surface area contributed by atoms with E-state index in [0.29, 0.717) is 30.0 Å². The van der Waals surface area contributed by atoms with Gasteiger partial charge in [-0.25, -0.2) is 13.4 Å². The first-order chi connectivity index (χ1) is 20.1. The predicted octanol–water partition coefficient (Wildman–Crippen LogP) is 6.06. The highest BCUT2D eigenvalue weighted by atomic mass is 32.2. The third kappa shape index (κ3) is 5.16. The first-order valence-corrected chi connectivity index (χ1v) is 15.7. The van der Waals surface area contributed by atoms with Gasteiger partial charge in [0, 0.05) is 58.2 Å². The second-order valence-corrected chi connectivity index (χ2v) is 12.9. The number of Topliss-reactive ketones (excluding diaryl/α,β-unsaturated/α-hetero) is 1. The second-order valence-electron chi connectivity index (χ2n) is 10.9. The van der Waals surface area contributed by atoms with Crippen LogP contribution in [0.15, 0.2) is 77.7 Å². The van der Waals surface area contributed by atoms with Crippen molar-refractivity contribution in [2.24, 2.45) is 0 Å². The fraction of sp³-hybridized carbons (Fsp3) is 0.242. The third-order valence-electron chi connectivity index (χ3n) is 8.01. The number of carbonyl (C=O) groups excluding carboxylic acids is 1. The van der Waals surface area contributed by atoms with Crippen LogP contribution in [0.5, 0.6) is 5.75 Å². The lowest BCUT2D eigenvalue weighted by Gasteiger charge is -2.24. The molecular formula is C33H30N2O6S. The molecule has 1 N–H and O–H groups in total. The number of rotatable bonds is 8. The monoisotopic (exact) mass is 582 g/mol. The molecule has 1 unspecified atom stereocenters. The van der Waals surface area contributed by atoms with E-state index in [-0.39, 0.29) is 36.0 Å². The molecule has 0 saturated carbocycles. The number of pyridine rings is 1. The molecule has 0 aliphatic heterocycles. The number of aliphatic carboxylic acids is 1. The number of para-hydroxylation sites is 1. The summed E-state index contributed by atoms with van der Waals surface area (Å²) in [4.78, 5) is 30.2. The Bertz CT molecular complexity index is 1980. The Morgan fingerprint density at radius 3 is 2.55 bits per heavy atom. The molecule has 2 heterocycles. The Morgan fingerprint density at radius 1 is 1.05 bits per heavy atom. The number of carboxylic acid groups (broad SMARTS) is 1. The van der Waals surface area contributed by atoms with E-state index in [9.17, 15) is 23.1 Å². The number of aryl methyl sites for hydroxylation is 1. The lowest BCUT2D eigenvalue weighted by Crippen LogP contribution is -2.21. The minimum atomic E-state index is -3.34. The Hall–Kier alpha value is -4.50. The number of hydrogen-bond acceptors (Lipinski definition) is 6. The molecule has 0 bridgehead atoms. The molecule has 1 aliphatic rings. The molecular weight excluding hydrogens is 552 g/mol. The average molecular weight is 583 g/mol. The van der Waals surface area contributed by atoms with Crippen LogP contribution in [-0.2, 0) is 27.8 Å². The van der Waals surface area contributed by atoms with Gasteiger partial charge in [-0.05, 0) is 55.3 Å². The van der Waals surface area contributed by atoms with Crippen LogP contribution in [0, 0.1) is 6.92 Å². The smallest absolute Gasteiger partial charge is 0.304 e. The number of sulfone groups is 1. The van der Waals surface area contributed by atoms with Crippen molar-refractivity contribution in [2.45, 2.75) is 50.2 Å². The number of carboxylic acids is 1. The van der Waals surface area contributed by atoms with Crippen LogP contribution in [0.3, 0.4) is 0 Å². The largest absolute Gasteiger partial charge is 0.487 e. The van der Waals surface area contributed by atoms with Gasteiger partial charge in [-0.15, -0.1) is 0 Å². The molecule has 1 aliphatic carbocycles. The summed E-state index contributed by atoms with van der Waals surface area (Å²) in [5.74, 6) is -0.635. The molecule has 0 fully saturated rings. The van der Waals surface area contributed by atoms with Crippen molar-refractivity contribution in [1.82, 2.24) is 9.55 Å². The number of ether oxygens (including phenoxy) is 1. The zero-order chi connectivity index (χ0) is 29.6. The van der Waals surface area contributed by atoms with Crippen LogP contribution in [0.1, 0.15) is 58.1 Å². The topological polar surface area (TPSA) is 116 Å². The highest BCUT2D eigenvalue weighted by Crippen LogP contribution is 2.43. The van der Waals surface area contributed by atoms with E-state index in [1.165, 1.54) is 6.26 Å². The highest BCUT2D eigenvalue weighted by Gasteiger charge is 2.34. The standard InChI is InChI=1S/C33H30N2O6S/c1-20-29(41-19-24-11-9-22-5-3-4-6-26(22)34-24)16-14-27-31(20)32-28(36)15-10-23(17-30(37)38)33(32)35(27)18-21-7-12-25(13-8-21)42(2,39)40/h3-9,11-14,16,23H,10,15,17-19H2,1-2H3,(H,37,38). The zero-order valence-electron chi connectivity index (χ0n) is 23.3. The van der Waals surface area contributed by atoms with Gasteiger partial charge < -0.3 is 14.4 Å². The van der Waals surface area contributed by atoms with Crippen molar-refractivity contribution in [3.05, 3.63) is 101 Å². The summed E-state index contributed by atoms with van der Waals surface area (Å²) in [5.41, 5.74) is 5.40. The van der Waals surface area contributed by atoms with E-state index in [1.807, 2.05) is 60.0 Å². The van der Waals surface area contributed by atoms with Crippen LogP contribution in [0.25, 0.3) is 21.8 Å². The number of ketones is 1. The van der Waals surface area contributed by atoms with Crippen LogP contribution in [0.2, 0.25) is 0 Å². The molecule has 2 aromatic heterocycles. The van der Waals surface area contributed by atoms with Gasteiger partial charge in [-0.1, -0.05) is 36.4 Å². The second kappa shape index (κ2) is 10.7. The van der Waals surface area contributed by atoms with Gasteiger partial charge in [0.15, 0.2) is 15.6 Å². The number of benzene rings is 3. The summed E-state index contributed by atoms with van der Waals surface area (Å²) < 4.78 is 32.2. The van der Waals surface area contributed by atoms with Gasteiger partial charge in [-0.2, -0.15) is 0 Å². The van der Waals surface area contributed by atoms with Gasteiger partial charge in [0.05, 0.1) is 22.5 Å². The number of carbonyl (C=O) groups is 2. The van der Waals surface area contributed by atoms with E-state index >= 15 is 0 Å². The highest BCUT2D eigenvalue weighted by molar-refractivity contribution is 7.90. The van der Waals surface area contributed by atoms with Gasteiger partial charge in [0.2, 0.25) is 0 Å². The van der Waals surface area contributed by atoms with E-state index in [2.05, 4.69) is 0 Å². The summed E-state index contributed by atoms with van der Waals surface area (Å²) in [7, 11) is -3.34. The van der Waals surface area contributed by atoms with Crippen LogP contribution in [0.4, 0.5) is 0 Å². The number of fused-ring (bicyclic) bond motifs is 4. The van der Waals surface area contributed by atoms with E-state index in [4.69, 9.17) is 9.72 Å². The maximum Gasteiger partial charge on any atom is 0.304 e. The van der Waals surface area contributed by atoms with Crippen molar-refractivity contribution in [2.75, 3.05) is 6.26 Å². The summed E-state index contributed by atoms with van der Waals surface area (Å²) in [6.45, 7) is 2.54. The Kier molecular flexibility index (Phi) is 7.06. The van der Waals surface area contributed by atoms with Gasteiger partial charge in [0.1, 0.15) is 12.4 Å². The van der Waals surface area contributed by atoms with Crippen LogP contribution >= 0.6 is 0 Å². The maximum atomic E-state index is 13.4. The molecule has 6 rings (SSSR count). The Balaban J connectivity index is 1.43. The minimum Gasteiger partial charge on any atom is -0.487 e. The SMILES string of the molecule is Cc1c(OCc2ccc3ccccc3n2)ccc2c1c1c(n2Cc2ccc(S(C)(=O)=O)cc2)C(CC(=O)O)CCC1=O. The molecule has 214 valence electrons. The fourth-order valence-corrected chi connectivity index (χ4v) is 6.62. The average Bonchev–Trinajstić information content (AvgIpc) is 3.29. The molecule has 9 heteroatoms. The summed E-state index contributed by atoms with van der Waals surface area (Å²) in [6.07, 6.45) is 1.81. The van der Waals surface area contributed by atoms with Gasteiger partial charge in [-0.3, -0.25) is 9.59 Å². The fourth-order valence-electron chi connectivity index (χ4n) is 5.99.